The lowest BCUT2D eigenvalue weighted by Crippen LogP contribution is -2.52. The number of rotatable bonds is 5. The minimum absolute atomic E-state index is 0.268. The van der Waals surface area contributed by atoms with Crippen LogP contribution in [0, 0.1) is 12.8 Å². The van der Waals surface area contributed by atoms with Gasteiger partial charge in [-0.05, 0) is 13.3 Å². The summed E-state index contributed by atoms with van der Waals surface area (Å²) in [7, 11) is 0. The van der Waals surface area contributed by atoms with Gasteiger partial charge in [0.2, 0.25) is 0 Å². The molecule has 23 heavy (non-hydrogen) atoms. The molecule has 2 saturated heterocycles. The Hall–Kier alpha value is -1.64. The number of ether oxygens (including phenoxy) is 2. The summed E-state index contributed by atoms with van der Waals surface area (Å²) in [5.41, 5.74) is 0. The van der Waals surface area contributed by atoms with E-state index >= 15 is 0 Å². The Balaban J connectivity index is 1.53. The number of urea groups is 1. The van der Waals surface area contributed by atoms with E-state index in [2.05, 4.69) is 20.7 Å². The van der Waals surface area contributed by atoms with Gasteiger partial charge in [0.1, 0.15) is 5.76 Å². The molecule has 1 aromatic heterocycles. The lowest BCUT2D eigenvalue weighted by atomic mass is 9.97. The first kappa shape index (κ1) is 16.2. The fourth-order valence-corrected chi connectivity index (χ4v) is 3.14. The van der Waals surface area contributed by atoms with Gasteiger partial charge in [0, 0.05) is 44.3 Å². The molecule has 0 aromatic carbocycles. The van der Waals surface area contributed by atoms with Gasteiger partial charge >= 0.3 is 6.03 Å². The zero-order valence-electron chi connectivity index (χ0n) is 13.4. The van der Waals surface area contributed by atoms with Crippen LogP contribution in [-0.2, 0) is 9.47 Å². The largest absolute Gasteiger partial charge is 0.381 e. The number of aryl methyl sites for hydroxylation is 1. The summed E-state index contributed by atoms with van der Waals surface area (Å²) in [5.74, 6) is 1.53. The Labute approximate surface area is 135 Å². The third-order valence-electron chi connectivity index (χ3n) is 4.37. The molecule has 3 rings (SSSR count). The van der Waals surface area contributed by atoms with Crippen molar-refractivity contribution in [3.63, 3.8) is 0 Å². The molecule has 0 saturated carbocycles. The number of nitrogens with zero attached hydrogens (tertiary/aromatic N) is 2. The number of amides is 2. The van der Waals surface area contributed by atoms with E-state index in [1.807, 2.05) is 0 Å². The highest BCUT2D eigenvalue weighted by molar-refractivity contribution is 5.88. The van der Waals surface area contributed by atoms with Crippen LogP contribution in [0.15, 0.2) is 10.6 Å². The molecule has 2 N–H and O–H groups in total. The molecule has 2 aliphatic rings. The third-order valence-corrected chi connectivity index (χ3v) is 4.37. The number of hydrogen-bond acceptors (Lipinski definition) is 6. The Morgan fingerprint density at radius 1 is 1.39 bits per heavy atom. The van der Waals surface area contributed by atoms with Gasteiger partial charge in [0.25, 0.3) is 0 Å². The van der Waals surface area contributed by atoms with Crippen molar-refractivity contribution < 1.29 is 18.8 Å². The first-order valence-corrected chi connectivity index (χ1v) is 8.10. The van der Waals surface area contributed by atoms with E-state index in [0.29, 0.717) is 24.0 Å². The van der Waals surface area contributed by atoms with Gasteiger partial charge in [-0.15, -0.1) is 0 Å². The van der Waals surface area contributed by atoms with Crippen LogP contribution in [0.3, 0.4) is 0 Å². The van der Waals surface area contributed by atoms with Gasteiger partial charge in [-0.25, -0.2) is 4.79 Å². The minimum atomic E-state index is -0.268. The van der Waals surface area contributed by atoms with Crippen LogP contribution in [0.5, 0.6) is 0 Å². The number of hydrogen-bond donors (Lipinski definition) is 2. The molecule has 0 bridgehead atoms. The number of morpholine rings is 1. The molecule has 0 spiro atoms. The van der Waals surface area contributed by atoms with Crippen LogP contribution in [0.1, 0.15) is 12.2 Å². The normalized spacial score (nSPS) is 23.6. The summed E-state index contributed by atoms with van der Waals surface area (Å²) in [4.78, 5) is 14.4. The predicted molar refractivity (Wildman–Crippen MR) is 83.4 cm³/mol. The average Bonchev–Trinajstić information content (AvgIpc) is 3.21. The highest BCUT2D eigenvalue weighted by atomic mass is 16.5. The number of anilines is 1. The topological polar surface area (TPSA) is 88.9 Å². The monoisotopic (exact) mass is 324 g/mol. The van der Waals surface area contributed by atoms with E-state index < -0.39 is 0 Å². The highest BCUT2D eigenvalue weighted by Gasteiger charge is 2.31. The summed E-state index contributed by atoms with van der Waals surface area (Å²) in [6, 6.07) is 1.69. The second kappa shape index (κ2) is 7.76. The standard InChI is InChI=1S/C15H24N4O4/c1-11-8-14(18-23-11)17-15(20)16-9-13(12-2-5-22-10-12)19-3-6-21-7-4-19/h8,12-13H,2-7,9-10H2,1H3,(H2,16,17,18,20)/t12-,13-/m0/s1. The molecule has 0 unspecified atom stereocenters. The van der Waals surface area contributed by atoms with Crippen molar-refractivity contribution in [2.24, 2.45) is 5.92 Å². The fourth-order valence-electron chi connectivity index (χ4n) is 3.14. The summed E-state index contributed by atoms with van der Waals surface area (Å²) < 4.78 is 15.9. The fraction of sp³-hybridized carbons (Fsp3) is 0.733. The first-order chi connectivity index (χ1) is 11.2. The van der Waals surface area contributed by atoms with Crippen LogP contribution in [0.25, 0.3) is 0 Å². The molecule has 2 atom stereocenters. The van der Waals surface area contributed by atoms with Gasteiger partial charge in [-0.1, -0.05) is 5.16 Å². The number of aromatic nitrogens is 1. The lowest BCUT2D eigenvalue weighted by Gasteiger charge is -2.37. The van der Waals surface area contributed by atoms with Crippen molar-refractivity contribution in [1.82, 2.24) is 15.4 Å². The molecule has 8 nitrogen and oxygen atoms in total. The van der Waals surface area contributed by atoms with Crippen molar-refractivity contribution >= 4 is 11.8 Å². The zero-order valence-corrected chi connectivity index (χ0v) is 13.4. The zero-order chi connectivity index (χ0) is 16.1. The number of carbonyl (C=O) groups is 1. The van der Waals surface area contributed by atoms with Gasteiger partial charge in [0.15, 0.2) is 5.82 Å². The molecule has 2 aliphatic heterocycles. The van der Waals surface area contributed by atoms with E-state index in [9.17, 15) is 4.79 Å². The van der Waals surface area contributed by atoms with Crippen LogP contribution in [0.2, 0.25) is 0 Å². The second-order valence-electron chi connectivity index (χ2n) is 6.00. The molecular weight excluding hydrogens is 300 g/mol. The summed E-state index contributed by atoms with van der Waals surface area (Å²) in [6.07, 6.45) is 1.04. The van der Waals surface area contributed by atoms with Crippen molar-refractivity contribution in [2.75, 3.05) is 51.4 Å². The Morgan fingerprint density at radius 2 is 2.22 bits per heavy atom. The molecule has 0 radical (unpaired) electrons. The molecular formula is C15H24N4O4. The summed E-state index contributed by atoms with van der Waals surface area (Å²) in [6.45, 7) is 7.20. The Morgan fingerprint density at radius 3 is 2.87 bits per heavy atom. The Bertz CT molecular complexity index is 509. The summed E-state index contributed by atoms with van der Waals surface area (Å²) >= 11 is 0. The molecule has 2 fully saturated rings. The third kappa shape index (κ3) is 4.43. The SMILES string of the molecule is Cc1cc(NC(=O)NC[C@@H]([C@H]2CCOC2)N2CCOCC2)no1. The van der Waals surface area contributed by atoms with Gasteiger partial charge in [-0.3, -0.25) is 10.2 Å². The minimum Gasteiger partial charge on any atom is -0.381 e. The van der Waals surface area contributed by atoms with Gasteiger partial charge in [-0.2, -0.15) is 0 Å². The van der Waals surface area contributed by atoms with Crippen LogP contribution >= 0.6 is 0 Å². The molecule has 128 valence electrons. The smallest absolute Gasteiger partial charge is 0.320 e. The van der Waals surface area contributed by atoms with Crippen molar-refractivity contribution in [3.05, 3.63) is 11.8 Å². The van der Waals surface area contributed by atoms with E-state index in [0.717, 1.165) is 45.9 Å². The molecule has 8 heteroatoms. The maximum absolute atomic E-state index is 12.0. The Kier molecular flexibility index (Phi) is 5.47. The van der Waals surface area contributed by atoms with Crippen LogP contribution in [-0.4, -0.2) is 68.2 Å². The van der Waals surface area contributed by atoms with E-state index in [4.69, 9.17) is 14.0 Å². The van der Waals surface area contributed by atoms with Gasteiger partial charge in [0.05, 0.1) is 19.8 Å². The molecule has 0 aliphatic carbocycles. The number of nitrogens with one attached hydrogen (secondary N) is 2. The maximum atomic E-state index is 12.0. The van der Waals surface area contributed by atoms with Crippen molar-refractivity contribution in [2.45, 2.75) is 19.4 Å². The molecule has 3 heterocycles. The van der Waals surface area contributed by atoms with Gasteiger partial charge < -0.3 is 19.3 Å². The predicted octanol–water partition coefficient (Wildman–Crippen LogP) is 0.842. The van der Waals surface area contributed by atoms with Crippen molar-refractivity contribution in [1.29, 1.82) is 0 Å². The maximum Gasteiger partial charge on any atom is 0.320 e. The lowest BCUT2D eigenvalue weighted by molar-refractivity contribution is 0.00221. The highest BCUT2D eigenvalue weighted by Crippen LogP contribution is 2.21. The second-order valence-corrected chi connectivity index (χ2v) is 6.00. The quantitative estimate of drug-likeness (QED) is 0.834. The van der Waals surface area contributed by atoms with E-state index in [1.54, 1.807) is 13.0 Å². The average molecular weight is 324 g/mol. The van der Waals surface area contributed by atoms with Crippen LogP contribution < -0.4 is 10.6 Å². The number of carbonyl (C=O) groups excluding carboxylic acids is 1. The van der Waals surface area contributed by atoms with E-state index in [-0.39, 0.29) is 12.1 Å². The molecule has 2 amide bonds. The van der Waals surface area contributed by atoms with E-state index in [1.165, 1.54) is 0 Å². The van der Waals surface area contributed by atoms with Crippen molar-refractivity contribution in [3.8, 4) is 0 Å². The first-order valence-electron chi connectivity index (χ1n) is 8.10. The molecule has 1 aromatic rings. The van der Waals surface area contributed by atoms with Crippen LogP contribution in [0.4, 0.5) is 10.6 Å². The summed E-state index contributed by atoms with van der Waals surface area (Å²) in [5, 5.41) is 9.38.